The molecule has 47 heavy (non-hydrogen) atoms. The fourth-order valence-electron chi connectivity index (χ4n) is 5.41. The molecule has 10 heteroatoms. The molecule has 246 valence electrons. The SMILES string of the molecule is Cc1ccccc1CN(C(=O)CN(c1ccc2c(c1)OCCO2)S(=O)(=O)c1ccccc1)[C@@H](Cc1ccccc1)C(=O)NC(C)(C)C. The van der Waals surface area contributed by atoms with Crippen molar-refractivity contribution in [3.63, 3.8) is 0 Å². The number of hydrogen-bond donors (Lipinski definition) is 1. The van der Waals surface area contributed by atoms with Gasteiger partial charge in [-0.25, -0.2) is 8.42 Å². The van der Waals surface area contributed by atoms with E-state index in [2.05, 4.69) is 5.32 Å². The molecule has 1 aliphatic heterocycles. The number of rotatable bonds is 11. The molecule has 1 aliphatic rings. The Balaban J connectivity index is 1.60. The van der Waals surface area contributed by atoms with E-state index in [1.54, 1.807) is 36.4 Å². The first-order valence-corrected chi connectivity index (χ1v) is 17.0. The topological polar surface area (TPSA) is 105 Å². The third-order valence-electron chi connectivity index (χ3n) is 7.80. The molecule has 0 unspecified atom stereocenters. The largest absolute Gasteiger partial charge is 0.486 e. The van der Waals surface area contributed by atoms with Gasteiger partial charge in [-0.3, -0.25) is 13.9 Å². The monoisotopic (exact) mass is 655 g/mol. The van der Waals surface area contributed by atoms with Gasteiger partial charge >= 0.3 is 0 Å². The number of carbonyl (C=O) groups is 2. The number of carbonyl (C=O) groups excluding carboxylic acids is 2. The smallest absolute Gasteiger partial charge is 0.264 e. The van der Waals surface area contributed by atoms with Crippen LogP contribution in [0.1, 0.15) is 37.5 Å². The van der Waals surface area contributed by atoms with Crippen molar-refractivity contribution in [3.05, 3.63) is 120 Å². The van der Waals surface area contributed by atoms with Gasteiger partial charge in [0.05, 0.1) is 10.6 Å². The highest BCUT2D eigenvalue weighted by Gasteiger charge is 2.36. The zero-order valence-electron chi connectivity index (χ0n) is 27.2. The summed E-state index contributed by atoms with van der Waals surface area (Å²) in [7, 11) is -4.23. The summed E-state index contributed by atoms with van der Waals surface area (Å²) >= 11 is 0. The highest BCUT2D eigenvalue weighted by atomic mass is 32.2. The third kappa shape index (κ3) is 8.31. The summed E-state index contributed by atoms with van der Waals surface area (Å²) in [6.45, 7) is 7.83. The molecule has 4 aromatic rings. The number of amides is 2. The van der Waals surface area contributed by atoms with Gasteiger partial charge in [0.1, 0.15) is 25.8 Å². The highest BCUT2D eigenvalue weighted by molar-refractivity contribution is 7.92. The first kappa shape index (κ1) is 33.5. The van der Waals surface area contributed by atoms with Gasteiger partial charge in [0, 0.05) is 24.6 Å². The van der Waals surface area contributed by atoms with E-state index in [4.69, 9.17) is 9.47 Å². The van der Waals surface area contributed by atoms with Crippen LogP contribution in [0.25, 0.3) is 0 Å². The maximum atomic E-state index is 14.7. The normalized spacial score (nSPS) is 13.4. The number of benzene rings is 4. The van der Waals surface area contributed by atoms with Crippen molar-refractivity contribution in [3.8, 4) is 11.5 Å². The van der Waals surface area contributed by atoms with Crippen LogP contribution in [0.5, 0.6) is 11.5 Å². The molecule has 1 N–H and O–H groups in total. The second-order valence-electron chi connectivity index (χ2n) is 12.5. The summed E-state index contributed by atoms with van der Waals surface area (Å²) < 4.78 is 41.0. The maximum absolute atomic E-state index is 14.7. The number of ether oxygens (including phenoxy) is 2. The molecule has 1 atom stereocenters. The lowest BCUT2D eigenvalue weighted by Gasteiger charge is -2.35. The number of hydrogen-bond acceptors (Lipinski definition) is 6. The minimum absolute atomic E-state index is 0.0273. The van der Waals surface area contributed by atoms with Crippen LogP contribution in [-0.4, -0.2) is 56.5 Å². The van der Waals surface area contributed by atoms with Gasteiger partial charge in [0.25, 0.3) is 10.0 Å². The zero-order valence-corrected chi connectivity index (χ0v) is 28.0. The highest BCUT2D eigenvalue weighted by Crippen LogP contribution is 2.36. The lowest BCUT2D eigenvalue weighted by Crippen LogP contribution is -2.56. The number of nitrogens with zero attached hydrogens (tertiary/aromatic N) is 2. The number of nitrogens with one attached hydrogen (secondary N) is 1. The third-order valence-corrected chi connectivity index (χ3v) is 9.58. The first-order chi connectivity index (χ1) is 22.4. The van der Waals surface area contributed by atoms with Crippen LogP contribution >= 0.6 is 0 Å². The summed E-state index contributed by atoms with van der Waals surface area (Å²) in [6.07, 6.45) is 0.232. The summed E-state index contributed by atoms with van der Waals surface area (Å²) in [5.41, 5.74) is 2.32. The first-order valence-electron chi connectivity index (χ1n) is 15.6. The van der Waals surface area contributed by atoms with Crippen molar-refractivity contribution in [1.29, 1.82) is 0 Å². The van der Waals surface area contributed by atoms with Crippen LogP contribution in [0.3, 0.4) is 0 Å². The van der Waals surface area contributed by atoms with Crippen molar-refractivity contribution >= 4 is 27.5 Å². The van der Waals surface area contributed by atoms with Crippen molar-refractivity contribution in [2.24, 2.45) is 0 Å². The molecule has 0 bridgehead atoms. The Morgan fingerprint density at radius 2 is 1.45 bits per heavy atom. The van der Waals surface area contributed by atoms with Crippen LogP contribution in [0.4, 0.5) is 5.69 Å². The molecule has 0 spiro atoms. The summed E-state index contributed by atoms with van der Waals surface area (Å²) in [5.74, 6) is 0.0109. The number of fused-ring (bicyclic) bond motifs is 1. The second-order valence-corrected chi connectivity index (χ2v) is 14.4. The van der Waals surface area contributed by atoms with E-state index in [1.807, 2.05) is 82.3 Å². The number of aryl methyl sites for hydroxylation is 1. The fraction of sp³-hybridized carbons (Fsp3) is 0.297. The Labute approximate surface area is 277 Å². The molecule has 0 saturated carbocycles. The molecule has 0 radical (unpaired) electrons. The van der Waals surface area contributed by atoms with E-state index in [9.17, 15) is 18.0 Å². The van der Waals surface area contributed by atoms with E-state index < -0.39 is 34.1 Å². The van der Waals surface area contributed by atoms with E-state index in [1.165, 1.54) is 17.0 Å². The quantitative estimate of drug-likeness (QED) is 0.228. The molecule has 0 saturated heterocycles. The zero-order chi connectivity index (χ0) is 33.6. The predicted molar refractivity (Wildman–Crippen MR) is 182 cm³/mol. The molecule has 1 heterocycles. The molecule has 9 nitrogen and oxygen atoms in total. The summed E-state index contributed by atoms with van der Waals surface area (Å²) in [6, 6.07) is 29.0. The lowest BCUT2D eigenvalue weighted by atomic mass is 10.00. The Bertz CT molecular complexity index is 1810. The van der Waals surface area contributed by atoms with E-state index in [0.717, 1.165) is 21.0 Å². The molecule has 5 rings (SSSR count). The Morgan fingerprint density at radius 3 is 2.11 bits per heavy atom. The molecular formula is C37H41N3O6S. The van der Waals surface area contributed by atoms with Crippen molar-refractivity contribution in [2.75, 3.05) is 24.1 Å². The van der Waals surface area contributed by atoms with Crippen molar-refractivity contribution in [2.45, 2.75) is 57.1 Å². The number of anilines is 1. The second kappa shape index (κ2) is 14.3. The molecule has 0 fully saturated rings. The fourth-order valence-corrected chi connectivity index (χ4v) is 6.84. The van der Waals surface area contributed by atoms with Crippen LogP contribution in [-0.2, 0) is 32.6 Å². The Kier molecular flexibility index (Phi) is 10.2. The maximum Gasteiger partial charge on any atom is 0.264 e. The average Bonchev–Trinajstić information content (AvgIpc) is 3.05. The van der Waals surface area contributed by atoms with Gasteiger partial charge in [-0.05, 0) is 68.7 Å². The van der Waals surface area contributed by atoms with Crippen LogP contribution in [0, 0.1) is 6.92 Å². The van der Waals surface area contributed by atoms with Crippen molar-refractivity contribution in [1.82, 2.24) is 10.2 Å². The molecule has 2 amide bonds. The minimum atomic E-state index is -4.23. The minimum Gasteiger partial charge on any atom is -0.486 e. The van der Waals surface area contributed by atoms with E-state index >= 15 is 0 Å². The van der Waals surface area contributed by atoms with Gasteiger partial charge in [0.15, 0.2) is 11.5 Å². The standard InChI is InChI=1S/C37H41N3O6S/c1-27-13-11-12-16-29(27)25-39(32(36(42)38-37(2,3)4)23-28-14-7-5-8-15-28)35(41)26-40(47(43,44)31-17-9-6-10-18-31)30-19-20-33-34(24-30)46-22-21-45-33/h5-20,24,32H,21-23,25-26H2,1-4H3,(H,38,42)/t32-/m0/s1. The molecule has 0 aromatic heterocycles. The molecular weight excluding hydrogens is 614 g/mol. The van der Waals surface area contributed by atoms with Gasteiger partial charge < -0.3 is 19.7 Å². The van der Waals surface area contributed by atoms with E-state index in [-0.39, 0.29) is 29.5 Å². The Hall–Kier alpha value is -4.83. The van der Waals surface area contributed by atoms with Gasteiger partial charge in [-0.15, -0.1) is 0 Å². The van der Waals surface area contributed by atoms with Gasteiger partial charge in [-0.2, -0.15) is 0 Å². The van der Waals surface area contributed by atoms with Crippen LogP contribution in [0.15, 0.2) is 108 Å². The number of sulfonamides is 1. The van der Waals surface area contributed by atoms with Gasteiger partial charge in [0.2, 0.25) is 11.8 Å². The predicted octanol–water partition coefficient (Wildman–Crippen LogP) is 5.52. The van der Waals surface area contributed by atoms with Crippen LogP contribution in [0.2, 0.25) is 0 Å². The van der Waals surface area contributed by atoms with Crippen molar-refractivity contribution < 1.29 is 27.5 Å². The van der Waals surface area contributed by atoms with Gasteiger partial charge in [-0.1, -0.05) is 72.8 Å². The summed E-state index contributed by atoms with van der Waals surface area (Å²) in [5, 5.41) is 3.06. The Morgan fingerprint density at radius 1 is 0.830 bits per heavy atom. The molecule has 0 aliphatic carbocycles. The molecule has 4 aromatic carbocycles. The lowest BCUT2D eigenvalue weighted by molar-refractivity contribution is -0.140. The van der Waals surface area contributed by atoms with E-state index in [0.29, 0.717) is 24.7 Å². The summed E-state index contributed by atoms with van der Waals surface area (Å²) in [4.78, 5) is 30.3. The van der Waals surface area contributed by atoms with Crippen LogP contribution < -0.4 is 19.1 Å². The average molecular weight is 656 g/mol.